The number of benzene rings is 2. The van der Waals surface area contributed by atoms with Gasteiger partial charge in [-0.15, -0.1) is 0 Å². The Kier molecular flexibility index (Phi) is 4.57. The lowest BCUT2D eigenvalue weighted by Crippen LogP contribution is -2.47. The Hall–Kier alpha value is -1.79. The average Bonchev–Trinajstić information content (AvgIpc) is 2.89. The molecule has 1 fully saturated rings. The average molecular weight is 394 g/mol. The van der Waals surface area contributed by atoms with Gasteiger partial charge in [0.2, 0.25) is 0 Å². The first-order valence-electron chi connectivity index (χ1n) is 8.29. The highest BCUT2D eigenvalue weighted by Crippen LogP contribution is 2.50. The number of nitrogens with zero attached hydrogens (tertiary/aromatic N) is 1. The predicted octanol–water partition coefficient (Wildman–Crippen LogP) is 4.14. The van der Waals surface area contributed by atoms with Gasteiger partial charge in [0, 0.05) is 11.1 Å². The molecule has 0 aliphatic carbocycles. The molecule has 5 nitrogen and oxygen atoms in total. The summed E-state index contributed by atoms with van der Waals surface area (Å²) in [5.41, 5.74) is 1.96. The monoisotopic (exact) mass is 393 g/mol. The first-order valence-corrected chi connectivity index (χ1v) is 9.04. The van der Waals surface area contributed by atoms with Crippen molar-refractivity contribution in [1.82, 2.24) is 0 Å². The number of para-hydroxylation sites is 1. The number of rotatable bonds is 3. The quantitative estimate of drug-likeness (QED) is 0.785. The lowest BCUT2D eigenvalue weighted by molar-refractivity contribution is -0.256. The Balaban J connectivity index is 1.83. The molecule has 26 heavy (non-hydrogen) atoms. The number of ether oxygens (including phenoxy) is 3. The fourth-order valence-corrected chi connectivity index (χ4v) is 3.85. The van der Waals surface area contributed by atoms with Gasteiger partial charge in [0.15, 0.2) is 0 Å². The van der Waals surface area contributed by atoms with Crippen LogP contribution in [0.2, 0.25) is 10.0 Å². The molecule has 2 aliphatic heterocycles. The van der Waals surface area contributed by atoms with Crippen molar-refractivity contribution < 1.29 is 19.0 Å². The maximum atomic E-state index is 13.3. The number of carbonyl (C=O) groups excluding carboxylic acids is 1. The Labute approximate surface area is 161 Å². The van der Waals surface area contributed by atoms with E-state index in [-0.39, 0.29) is 12.5 Å². The molecule has 0 N–H and O–H groups in total. The summed E-state index contributed by atoms with van der Waals surface area (Å²) in [6, 6.07) is 10.9. The third-order valence-electron chi connectivity index (χ3n) is 4.64. The number of methoxy groups -OCH3 is 1. The van der Waals surface area contributed by atoms with Gasteiger partial charge in [-0.2, -0.15) is 0 Å². The number of carbonyl (C=O) groups is 1. The molecule has 2 aromatic rings. The van der Waals surface area contributed by atoms with Crippen LogP contribution in [0.15, 0.2) is 36.4 Å². The second-order valence-corrected chi connectivity index (χ2v) is 6.91. The van der Waals surface area contributed by atoms with E-state index in [1.54, 1.807) is 24.1 Å². The topological polar surface area (TPSA) is 48.0 Å². The minimum absolute atomic E-state index is 0.268. The van der Waals surface area contributed by atoms with Crippen molar-refractivity contribution in [3.63, 3.8) is 0 Å². The van der Waals surface area contributed by atoms with Crippen LogP contribution < -0.4 is 9.64 Å². The molecular formula is C19H17Cl2NO4. The fourth-order valence-electron chi connectivity index (χ4n) is 3.43. The zero-order valence-electron chi connectivity index (χ0n) is 14.1. The van der Waals surface area contributed by atoms with E-state index in [1.165, 1.54) is 0 Å². The van der Waals surface area contributed by atoms with Gasteiger partial charge >= 0.3 is 0 Å². The van der Waals surface area contributed by atoms with Crippen molar-refractivity contribution in [2.45, 2.75) is 18.8 Å². The molecule has 7 heteroatoms. The van der Waals surface area contributed by atoms with Crippen LogP contribution in [0.1, 0.15) is 17.5 Å². The third kappa shape index (κ3) is 2.58. The maximum Gasteiger partial charge on any atom is 0.292 e. The molecule has 0 saturated carbocycles. The van der Waals surface area contributed by atoms with Gasteiger partial charge in [0.25, 0.3) is 11.7 Å². The van der Waals surface area contributed by atoms with Crippen LogP contribution in [0.5, 0.6) is 5.75 Å². The van der Waals surface area contributed by atoms with Gasteiger partial charge in [0.1, 0.15) is 5.75 Å². The van der Waals surface area contributed by atoms with Gasteiger partial charge in [-0.3, -0.25) is 4.79 Å². The number of hydrogen-bond donors (Lipinski definition) is 0. The van der Waals surface area contributed by atoms with Gasteiger partial charge in [-0.1, -0.05) is 41.4 Å². The molecule has 0 aromatic heterocycles. The van der Waals surface area contributed by atoms with Gasteiger partial charge in [-0.05, 0) is 24.6 Å². The molecule has 1 amide bonds. The van der Waals surface area contributed by atoms with Crippen molar-refractivity contribution in [2.24, 2.45) is 0 Å². The van der Waals surface area contributed by atoms with Crippen LogP contribution in [0.25, 0.3) is 0 Å². The first kappa shape index (κ1) is 17.6. The standard InChI is InChI=1S/C19H17Cl2NO4/c1-24-15-6-3-2-5-12(15)11-22-17-13(7-8-14(20)16(17)21)19(18(22)23)25-9-4-10-26-19/h2-3,5-8H,4,9-11H2,1H3. The highest BCUT2D eigenvalue weighted by atomic mass is 35.5. The van der Waals surface area contributed by atoms with Crippen LogP contribution in [-0.4, -0.2) is 26.2 Å². The molecule has 0 bridgehead atoms. The van der Waals surface area contributed by atoms with Gasteiger partial charge in [-0.25, -0.2) is 0 Å². The summed E-state index contributed by atoms with van der Waals surface area (Å²) < 4.78 is 17.1. The van der Waals surface area contributed by atoms with Crippen molar-refractivity contribution in [3.05, 3.63) is 57.6 Å². The van der Waals surface area contributed by atoms with E-state index in [0.717, 1.165) is 12.0 Å². The normalized spacial score (nSPS) is 18.3. The van der Waals surface area contributed by atoms with Crippen LogP contribution in [0.3, 0.4) is 0 Å². The SMILES string of the molecule is COc1ccccc1CN1C(=O)C2(OCCCO2)c2ccc(Cl)c(Cl)c21. The summed E-state index contributed by atoms with van der Waals surface area (Å²) in [6.07, 6.45) is 0.734. The van der Waals surface area contributed by atoms with Crippen LogP contribution >= 0.6 is 23.2 Å². The molecule has 0 radical (unpaired) electrons. The first-order chi connectivity index (χ1) is 12.6. The molecule has 2 heterocycles. The van der Waals surface area contributed by atoms with Crippen molar-refractivity contribution in [1.29, 1.82) is 0 Å². The number of amides is 1. The van der Waals surface area contributed by atoms with Crippen LogP contribution in [-0.2, 0) is 26.6 Å². The van der Waals surface area contributed by atoms with E-state index in [1.807, 2.05) is 24.3 Å². The highest BCUT2D eigenvalue weighted by molar-refractivity contribution is 6.44. The molecule has 1 spiro atoms. The molecule has 2 aromatic carbocycles. The molecule has 2 aliphatic rings. The minimum Gasteiger partial charge on any atom is -0.496 e. The van der Waals surface area contributed by atoms with Crippen LogP contribution in [0.4, 0.5) is 5.69 Å². The van der Waals surface area contributed by atoms with E-state index in [2.05, 4.69) is 0 Å². The smallest absolute Gasteiger partial charge is 0.292 e. The Bertz CT molecular complexity index is 865. The molecular weight excluding hydrogens is 377 g/mol. The van der Waals surface area contributed by atoms with E-state index in [0.29, 0.717) is 40.3 Å². The Morgan fingerprint density at radius 3 is 2.62 bits per heavy atom. The molecule has 1 saturated heterocycles. The lowest BCUT2D eigenvalue weighted by atomic mass is 10.1. The van der Waals surface area contributed by atoms with Crippen molar-refractivity contribution >= 4 is 34.8 Å². The highest BCUT2D eigenvalue weighted by Gasteiger charge is 2.55. The van der Waals surface area contributed by atoms with E-state index < -0.39 is 5.79 Å². The fraction of sp³-hybridized carbons (Fsp3) is 0.316. The van der Waals surface area contributed by atoms with Gasteiger partial charge < -0.3 is 19.1 Å². The van der Waals surface area contributed by atoms with Crippen LogP contribution in [0, 0.1) is 0 Å². The summed E-state index contributed by atoms with van der Waals surface area (Å²) in [5.74, 6) is -1.07. The number of halogens is 2. The molecule has 4 rings (SSSR count). The second kappa shape index (κ2) is 6.74. The zero-order valence-corrected chi connectivity index (χ0v) is 15.6. The second-order valence-electron chi connectivity index (χ2n) is 6.13. The molecule has 0 unspecified atom stereocenters. The zero-order chi connectivity index (χ0) is 18.3. The Morgan fingerprint density at radius 2 is 1.88 bits per heavy atom. The molecule has 0 atom stereocenters. The predicted molar refractivity (Wildman–Crippen MR) is 98.8 cm³/mol. The lowest BCUT2D eigenvalue weighted by Gasteiger charge is -2.32. The summed E-state index contributed by atoms with van der Waals surface area (Å²) >= 11 is 12.7. The summed E-state index contributed by atoms with van der Waals surface area (Å²) in [5, 5.41) is 0.679. The number of fused-ring (bicyclic) bond motifs is 2. The summed E-state index contributed by atoms with van der Waals surface area (Å²) in [6.45, 7) is 1.15. The van der Waals surface area contributed by atoms with Crippen molar-refractivity contribution in [2.75, 3.05) is 25.2 Å². The number of hydrogen-bond acceptors (Lipinski definition) is 4. The Morgan fingerprint density at radius 1 is 1.15 bits per heavy atom. The van der Waals surface area contributed by atoms with Crippen molar-refractivity contribution in [3.8, 4) is 5.75 Å². The molecule has 136 valence electrons. The van der Waals surface area contributed by atoms with E-state index in [9.17, 15) is 4.79 Å². The largest absolute Gasteiger partial charge is 0.496 e. The number of anilines is 1. The maximum absolute atomic E-state index is 13.3. The third-order valence-corrected chi connectivity index (χ3v) is 5.43. The minimum atomic E-state index is -1.45. The summed E-state index contributed by atoms with van der Waals surface area (Å²) in [7, 11) is 1.59. The van der Waals surface area contributed by atoms with E-state index in [4.69, 9.17) is 37.4 Å². The van der Waals surface area contributed by atoms with E-state index >= 15 is 0 Å². The van der Waals surface area contributed by atoms with Gasteiger partial charge in [0.05, 0.1) is 42.6 Å². The summed E-state index contributed by atoms with van der Waals surface area (Å²) in [4.78, 5) is 14.9.